The zero-order chi connectivity index (χ0) is 9.36. The first-order chi connectivity index (χ1) is 6.43. The Morgan fingerprint density at radius 1 is 1.38 bits per heavy atom. The molecule has 1 aliphatic heterocycles. The zero-order valence-electron chi connectivity index (χ0n) is 8.40. The van der Waals surface area contributed by atoms with E-state index in [4.69, 9.17) is 0 Å². The van der Waals surface area contributed by atoms with Crippen LogP contribution < -0.4 is 16.0 Å². The molecule has 0 atom stereocenters. The lowest BCUT2D eigenvalue weighted by Gasteiger charge is -2.06. The summed E-state index contributed by atoms with van der Waals surface area (Å²) in [5, 5.41) is 9.79. The molecular weight excluding hydrogens is 164 g/mol. The van der Waals surface area contributed by atoms with Gasteiger partial charge in [0.25, 0.3) is 0 Å². The third-order valence-electron chi connectivity index (χ3n) is 1.92. The van der Waals surface area contributed by atoms with Gasteiger partial charge in [0.1, 0.15) is 0 Å². The molecule has 0 unspecified atom stereocenters. The molecule has 0 saturated heterocycles. The van der Waals surface area contributed by atoms with E-state index in [1.165, 1.54) is 6.42 Å². The van der Waals surface area contributed by atoms with Crippen molar-refractivity contribution in [3.63, 3.8) is 0 Å². The van der Waals surface area contributed by atoms with Gasteiger partial charge in [-0.05, 0) is 25.9 Å². The molecule has 0 aliphatic carbocycles. The van der Waals surface area contributed by atoms with Gasteiger partial charge >= 0.3 is 0 Å². The fourth-order valence-corrected chi connectivity index (χ4v) is 1.24. The highest BCUT2D eigenvalue weighted by Crippen LogP contribution is 1.82. The second-order valence-electron chi connectivity index (χ2n) is 3.19. The van der Waals surface area contributed by atoms with Crippen LogP contribution >= 0.6 is 0 Å². The van der Waals surface area contributed by atoms with Crippen molar-refractivity contribution in [1.29, 1.82) is 0 Å². The summed E-state index contributed by atoms with van der Waals surface area (Å²) >= 11 is 0. The smallest absolute Gasteiger partial charge is 0.191 e. The van der Waals surface area contributed by atoms with Crippen LogP contribution in [-0.4, -0.2) is 38.7 Å². The van der Waals surface area contributed by atoms with Gasteiger partial charge in [-0.2, -0.15) is 0 Å². The highest BCUT2D eigenvalue weighted by molar-refractivity contribution is 5.81. The van der Waals surface area contributed by atoms with Gasteiger partial charge in [-0.1, -0.05) is 6.92 Å². The SMILES string of the molecule is CCCNCCCNC1=NCCN1. The van der Waals surface area contributed by atoms with Crippen LogP contribution in [0.5, 0.6) is 0 Å². The molecule has 0 radical (unpaired) electrons. The molecule has 4 heteroatoms. The highest BCUT2D eigenvalue weighted by atomic mass is 15.2. The Morgan fingerprint density at radius 2 is 2.31 bits per heavy atom. The van der Waals surface area contributed by atoms with Gasteiger partial charge in [-0.15, -0.1) is 0 Å². The summed E-state index contributed by atoms with van der Waals surface area (Å²) in [6, 6.07) is 0. The van der Waals surface area contributed by atoms with Crippen LogP contribution in [0.1, 0.15) is 19.8 Å². The summed E-state index contributed by atoms with van der Waals surface area (Å²) in [6.45, 7) is 7.30. The van der Waals surface area contributed by atoms with Crippen molar-refractivity contribution >= 4 is 5.96 Å². The van der Waals surface area contributed by atoms with Crippen molar-refractivity contribution in [1.82, 2.24) is 16.0 Å². The van der Waals surface area contributed by atoms with Crippen LogP contribution in [0, 0.1) is 0 Å². The van der Waals surface area contributed by atoms with E-state index in [0.29, 0.717) is 0 Å². The third kappa shape index (κ3) is 4.72. The summed E-state index contributed by atoms with van der Waals surface area (Å²) in [5.41, 5.74) is 0. The van der Waals surface area contributed by atoms with E-state index in [1.54, 1.807) is 0 Å². The summed E-state index contributed by atoms with van der Waals surface area (Å²) in [7, 11) is 0. The quantitative estimate of drug-likeness (QED) is 0.506. The Kier molecular flexibility index (Phi) is 5.33. The van der Waals surface area contributed by atoms with E-state index in [0.717, 1.165) is 45.1 Å². The number of nitrogens with zero attached hydrogens (tertiary/aromatic N) is 1. The molecule has 0 fully saturated rings. The Morgan fingerprint density at radius 3 is 3.00 bits per heavy atom. The Labute approximate surface area is 80.2 Å². The Balaban J connectivity index is 1.83. The minimum Gasteiger partial charge on any atom is -0.356 e. The minimum atomic E-state index is 0.913. The van der Waals surface area contributed by atoms with Crippen LogP contribution in [0.25, 0.3) is 0 Å². The van der Waals surface area contributed by atoms with Gasteiger partial charge in [0.05, 0.1) is 6.54 Å². The predicted molar refractivity (Wildman–Crippen MR) is 56.1 cm³/mol. The fourth-order valence-electron chi connectivity index (χ4n) is 1.24. The molecule has 0 saturated carbocycles. The van der Waals surface area contributed by atoms with Gasteiger partial charge in [0.2, 0.25) is 0 Å². The number of hydrogen-bond acceptors (Lipinski definition) is 4. The molecule has 4 nitrogen and oxygen atoms in total. The van der Waals surface area contributed by atoms with Crippen molar-refractivity contribution in [2.45, 2.75) is 19.8 Å². The fraction of sp³-hybridized carbons (Fsp3) is 0.889. The van der Waals surface area contributed by atoms with E-state index >= 15 is 0 Å². The molecule has 0 aromatic rings. The average Bonchev–Trinajstić information content (AvgIpc) is 2.63. The van der Waals surface area contributed by atoms with E-state index in [2.05, 4.69) is 27.9 Å². The number of rotatable bonds is 6. The lowest BCUT2D eigenvalue weighted by atomic mass is 10.4. The maximum Gasteiger partial charge on any atom is 0.191 e. The van der Waals surface area contributed by atoms with Crippen LogP contribution in [0.3, 0.4) is 0 Å². The van der Waals surface area contributed by atoms with Crippen LogP contribution in [0.4, 0.5) is 0 Å². The van der Waals surface area contributed by atoms with E-state index in [-0.39, 0.29) is 0 Å². The van der Waals surface area contributed by atoms with Crippen molar-refractivity contribution in [2.75, 3.05) is 32.7 Å². The van der Waals surface area contributed by atoms with Gasteiger partial charge < -0.3 is 16.0 Å². The lowest BCUT2D eigenvalue weighted by molar-refractivity contribution is 0.630. The molecule has 1 rings (SSSR count). The van der Waals surface area contributed by atoms with Crippen LogP contribution in [0.2, 0.25) is 0 Å². The molecule has 76 valence electrons. The van der Waals surface area contributed by atoms with Crippen molar-refractivity contribution < 1.29 is 0 Å². The van der Waals surface area contributed by atoms with Gasteiger partial charge in [-0.3, -0.25) is 4.99 Å². The molecule has 0 amide bonds. The number of nitrogens with one attached hydrogen (secondary N) is 3. The minimum absolute atomic E-state index is 0.913. The molecule has 0 spiro atoms. The predicted octanol–water partition coefficient (Wildman–Crippen LogP) is -0.0751. The van der Waals surface area contributed by atoms with E-state index < -0.39 is 0 Å². The largest absolute Gasteiger partial charge is 0.356 e. The first-order valence-corrected chi connectivity index (χ1v) is 5.16. The Hall–Kier alpha value is -0.770. The molecule has 0 bridgehead atoms. The van der Waals surface area contributed by atoms with Gasteiger partial charge in [-0.25, -0.2) is 0 Å². The van der Waals surface area contributed by atoms with Gasteiger partial charge in [0, 0.05) is 13.1 Å². The molecule has 0 aromatic heterocycles. The lowest BCUT2D eigenvalue weighted by Crippen LogP contribution is -2.35. The number of hydrogen-bond donors (Lipinski definition) is 3. The molecule has 3 N–H and O–H groups in total. The Bertz CT molecular complexity index is 156. The van der Waals surface area contributed by atoms with Crippen LogP contribution in [0.15, 0.2) is 4.99 Å². The van der Waals surface area contributed by atoms with E-state index in [9.17, 15) is 0 Å². The zero-order valence-corrected chi connectivity index (χ0v) is 8.40. The molecule has 13 heavy (non-hydrogen) atoms. The molecule has 1 heterocycles. The highest BCUT2D eigenvalue weighted by Gasteiger charge is 2.01. The van der Waals surface area contributed by atoms with E-state index in [1.807, 2.05) is 0 Å². The first-order valence-electron chi connectivity index (χ1n) is 5.16. The number of guanidine groups is 1. The summed E-state index contributed by atoms with van der Waals surface area (Å²) in [6.07, 6.45) is 2.36. The van der Waals surface area contributed by atoms with Crippen molar-refractivity contribution in [3.05, 3.63) is 0 Å². The van der Waals surface area contributed by atoms with Crippen molar-refractivity contribution in [2.24, 2.45) is 4.99 Å². The maximum atomic E-state index is 4.24. The molecular formula is C9H20N4. The van der Waals surface area contributed by atoms with Gasteiger partial charge in [0.15, 0.2) is 5.96 Å². The monoisotopic (exact) mass is 184 g/mol. The van der Waals surface area contributed by atoms with Crippen molar-refractivity contribution in [3.8, 4) is 0 Å². The summed E-state index contributed by atoms with van der Waals surface area (Å²) in [5.74, 6) is 0.968. The maximum absolute atomic E-state index is 4.24. The first kappa shape index (κ1) is 10.3. The third-order valence-corrected chi connectivity index (χ3v) is 1.92. The average molecular weight is 184 g/mol. The number of aliphatic imine (C=N–C) groups is 1. The standard InChI is InChI=1S/C9H20N4/c1-2-4-10-5-3-6-11-9-12-7-8-13-9/h10H,2-8H2,1H3,(H2,11,12,13). The second kappa shape index (κ2) is 6.71. The summed E-state index contributed by atoms with van der Waals surface area (Å²) in [4.78, 5) is 4.24. The molecule has 0 aromatic carbocycles. The molecule has 1 aliphatic rings. The summed E-state index contributed by atoms with van der Waals surface area (Å²) < 4.78 is 0. The second-order valence-corrected chi connectivity index (χ2v) is 3.19. The topological polar surface area (TPSA) is 48.5 Å². The van der Waals surface area contributed by atoms with Crippen LogP contribution in [-0.2, 0) is 0 Å². The normalized spacial score (nSPS) is 15.3.